The number of carboxylic acid groups (broad SMARTS) is 1. The highest BCUT2D eigenvalue weighted by Crippen LogP contribution is 2.22. The van der Waals surface area contributed by atoms with Crippen LogP contribution in [0.1, 0.15) is 27.6 Å². The number of esters is 1. The molecule has 4 heteroatoms. The van der Waals surface area contributed by atoms with Crippen LogP contribution in [0.25, 0.3) is 10.8 Å². The van der Waals surface area contributed by atoms with Gasteiger partial charge in [0.05, 0.1) is 17.7 Å². The van der Waals surface area contributed by atoms with E-state index in [2.05, 4.69) is 0 Å². The molecule has 0 aliphatic heterocycles. The molecule has 2 aromatic carbocycles. The lowest BCUT2D eigenvalue weighted by Crippen LogP contribution is -2.07. The smallest absolute Gasteiger partial charge is 0.338 e. The van der Waals surface area contributed by atoms with Gasteiger partial charge >= 0.3 is 11.9 Å². The van der Waals surface area contributed by atoms with Gasteiger partial charge in [0.25, 0.3) is 0 Å². The van der Waals surface area contributed by atoms with Gasteiger partial charge in [-0.15, -0.1) is 0 Å². The van der Waals surface area contributed by atoms with Gasteiger partial charge in [-0.3, -0.25) is 0 Å². The fourth-order valence-electron chi connectivity index (χ4n) is 1.81. The molecular weight excluding hydrogens is 232 g/mol. The van der Waals surface area contributed by atoms with Crippen molar-refractivity contribution in [1.29, 1.82) is 0 Å². The maximum atomic E-state index is 11.8. The van der Waals surface area contributed by atoms with Crippen LogP contribution in [0.3, 0.4) is 0 Å². The molecule has 4 nitrogen and oxygen atoms in total. The zero-order valence-corrected chi connectivity index (χ0v) is 9.84. The molecule has 0 fully saturated rings. The molecule has 0 amide bonds. The molecule has 0 spiro atoms. The largest absolute Gasteiger partial charge is 0.478 e. The van der Waals surface area contributed by atoms with Gasteiger partial charge in [0.1, 0.15) is 0 Å². The topological polar surface area (TPSA) is 63.6 Å². The minimum absolute atomic E-state index is 0.0803. The van der Waals surface area contributed by atoms with Crippen LogP contribution < -0.4 is 0 Å². The summed E-state index contributed by atoms with van der Waals surface area (Å²) in [5.74, 6) is -1.57. The van der Waals surface area contributed by atoms with E-state index in [1.165, 1.54) is 6.07 Å². The number of carbonyl (C=O) groups excluding carboxylic acids is 1. The van der Waals surface area contributed by atoms with Gasteiger partial charge in [0, 0.05) is 0 Å². The van der Waals surface area contributed by atoms with Crippen molar-refractivity contribution in [3.63, 3.8) is 0 Å². The van der Waals surface area contributed by atoms with Gasteiger partial charge in [-0.2, -0.15) is 0 Å². The fraction of sp³-hybridized carbons (Fsp3) is 0.143. The Balaban J connectivity index is 2.68. The quantitative estimate of drug-likeness (QED) is 0.843. The third-order valence-electron chi connectivity index (χ3n) is 2.60. The SMILES string of the molecule is CCOC(=O)c1cc(C(=O)O)cc2ccccc12. The zero-order valence-electron chi connectivity index (χ0n) is 9.84. The van der Waals surface area contributed by atoms with E-state index in [0.717, 1.165) is 0 Å². The fourth-order valence-corrected chi connectivity index (χ4v) is 1.81. The summed E-state index contributed by atoms with van der Waals surface area (Å²) >= 11 is 0. The summed E-state index contributed by atoms with van der Waals surface area (Å²) < 4.78 is 4.94. The van der Waals surface area contributed by atoms with E-state index in [1.807, 2.05) is 0 Å². The summed E-state index contributed by atoms with van der Waals surface area (Å²) in [6.45, 7) is 1.96. The van der Waals surface area contributed by atoms with E-state index in [1.54, 1.807) is 37.3 Å². The highest BCUT2D eigenvalue weighted by molar-refractivity contribution is 6.07. The molecule has 0 aliphatic carbocycles. The monoisotopic (exact) mass is 244 g/mol. The van der Waals surface area contributed by atoms with Crippen molar-refractivity contribution in [1.82, 2.24) is 0 Å². The minimum atomic E-state index is -1.06. The molecule has 0 bridgehead atoms. The van der Waals surface area contributed by atoms with Crippen molar-refractivity contribution in [2.75, 3.05) is 6.61 Å². The molecule has 0 heterocycles. The van der Waals surface area contributed by atoms with Crippen molar-refractivity contribution >= 4 is 22.7 Å². The summed E-state index contributed by atoms with van der Waals surface area (Å²) in [6.07, 6.45) is 0. The number of ether oxygens (including phenoxy) is 1. The molecule has 0 saturated carbocycles. The average molecular weight is 244 g/mol. The van der Waals surface area contributed by atoms with Crippen LogP contribution in [0.15, 0.2) is 36.4 Å². The molecule has 92 valence electrons. The number of aromatic carboxylic acids is 1. The first-order valence-electron chi connectivity index (χ1n) is 5.56. The number of benzene rings is 2. The number of carboxylic acids is 1. The van der Waals surface area contributed by atoms with Gasteiger partial charge in [-0.05, 0) is 29.8 Å². The van der Waals surface area contributed by atoms with Crippen molar-refractivity contribution in [2.45, 2.75) is 6.92 Å². The molecule has 0 saturated heterocycles. The second kappa shape index (κ2) is 4.87. The van der Waals surface area contributed by atoms with Gasteiger partial charge in [0.2, 0.25) is 0 Å². The second-order valence-electron chi connectivity index (χ2n) is 3.77. The first kappa shape index (κ1) is 12.1. The van der Waals surface area contributed by atoms with Crippen molar-refractivity contribution in [3.8, 4) is 0 Å². The van der Waals surface area contributed by atoms with Gasteiger partial charge < -0.3 is 9.84 Å². The molecule has 2 aromatic rings. The molecule has 18 heavy (non-hydrogen) atoms. The molecule has 0 aliphatic rings. The molecule has 0 atom stereocenters. The van der Waals surface area contributed by atoms with Crippen LogP contribution in [0.2, 0.25) is 0 Å². The first-order valence-corrected chi connectivity index (χ1v) is 5.56. The number of carbonyl (C=O) groups is 2. The molecule has 0 aromatic heterocycles. The highest BCUT2D eigenvalue weighted by atomic mass is 16.5. The van der Waals surface area contributed by atoms with Crippen molar-refractivity contribution < 1.29 is 19.4 Å². The Morgan fingerprint density at radius 3 is 2.61 bits per heavy atom. The number of fused-ring (bicyclic) bond motifs is 1. The van der Waals surface area contributed by atoms with Gasteiger partial charge in [0.15, 0.2) is 0 Å². The Labute approximate surface area is 104 Å². The Morgan fingerprint density at radius 1 is 1.22 bits per heavy atom. The third-order valence-corrected chi connectivity index (χ3v) is 2.60. The van der Waals surface area contributed by atoms with Crippen LogP contribution in [-0.4, -0.2) is 23.7 Å². The standard InChI is InChI=1S/C14H12O4/c1-2-18-14(17)12-8-10(13(15)16)7-9-5-3-4-6-11(9)12/h3-8H,2H2,1H3,(H,15,16). The summed E-state index contributed by atoms with van der Waals surface area (Å²) in [6, 6.07) is 10.0. The average Bonchev–Trinajstić information content (AvgIpc) is 2.37. The molecule has 0 radical (unpaired) electrons. The lowest BCUT2D eigenvalue weighted by atomic mass is 10.0. The maximum absolute atomic E-state index is 11.8. The predicted octanol–water partition coefficient (Wildman–Crippen LogP) is 2.71. The number of hydrogen-bond acceptors (Lipinski definition) is 3. The van der Waals surface area contributed by atoms with Gasteiger partial charge in [-0.1, -0.05) is 24.3 Å². The first-order chi connectivity index (χ1) is 8.63. The molecule has 1 N–H and O–H groups in total. The second-order valence-corrected chi connectivity index (χ2v) is 3.77. The maximum Gasteiger partial charge on any atom is 0.338 e. The Bertz CT molecular complexity index is 616. The van der Waals surface area contributed by atoms with Crippen molar-refractivity contribution in [3.05, 3.63) is 47.5 Å². The normalized spacial score (nSPS) is 10.3. The van der Waals surface area contributed by atoms with E-state index in [4.69, 9.17) is 9.84 Å². The van der Waals surface area contributed by atoms with Crippen LogP contribution in [0.5, 0.6) is 0 Å². The number of rotatable bonds is 3. The third kappa shape index (κ3) is 2.18. The Morgan fingerprint density at radius 2 is 1.94 bits per heavy atom. The summed E-state index contributed by atoms with van der Waals surface area (Å²) in [5.41, 5.74) is 0.365. The number of hydrogen-bond donors (Lipinski definition) is 1. The lowest BCUT2D eigenvalue weighted by molar-refractivity contribution is 0.0528. The summed E-state index contributed by atoms with van der Waals surface area (Å²) in [7, 11) is 0. The van der Waals surface area contributed by atoms with Crippen LogP contribution in [-0.2, 0) is 4.74 Å². The highest BCUT2D eigenvalue weighted by Gasteiger charge is 2.15. The van der Waals surface area contributed by atoms with Crippen LogP contribution >= 0.6 is 0 Å². The van der Waals surface area contributed by atoms with E-state index < -0.39 is 11.9 Å². The van der Waals surface area contributed by atoms with Crippen LogP contribution in [0, 0.1) is 0 Å². The Kier molecular flexibility index (Phi) is 3.28. The van der Waals surface area contributed by atoms with E-state index >= 15 is 0 Å². The lowest BCUT2D eigenvalue weighted by Gasteiger charge is -2.07. The van der Waals surface area contributed by atoms with E-state index in [9.17, 15) is 9.59 Å². The summed E-state index contributed by atoms with van der Waals surface area (Å²) in [4.78, 5) is 22.8. The predicted molar refractivity (Wildman–Crippen MR) is 66.9 cm³/mol. The van der Waals surface area contributed by atoms with E-state index in [-0.39, 0.29) is 17.7 Å². The Hall–Kier alpha value is -2.36. The molecular formula is C14H12O4. The molecule has 0 unspecified atom stereocenters. The van der Waals surface area contributed by atoms with Gasteiger partial charge in [-0.25, -0.2) is 9.59 Å². The molecule has 2 rings (SSSR count). The summed E-state index contributed by atoms with van der Waals surface area (Å²) in [5, 5.41) is 10.4. The minimum Gasteiger partial charge on any atom is -0.478 e. The van der Waals surface area contributed by atoms with Crippen molar-refractivity contribution in [2.24, 2.45) is 0 Å². The van der Waals surface area contributed by atoms with Crippen LogP contribution in [0.4, 0.5) is 0 Å². The van der Waals surface area contributed by atoms with E-state index in [0.29, 0.717) is 10.8 Å². The zero-order chi connectivity index (χ0) is 13.1.